The van der Waals surface area contributed by atoms with Crippen LogP contribution in [0, 0.1) is 0 Å². The molecule has 0 spiro atoms. The van der Waals surface area contributed by atoms with Crippen molar-refractivity contribution in [3.63, 3.8) is 0 Å². The lowest BCUT2D eigenvalue weighted by Gasteiger charge is -1.98. The van der Waals surface area contributed by atoms with Gasteiger partial charge in [0.05, 0.1) is 5.39 Å². The van der Waals surface area contributed by atoms with Gasteiger partial charge >= 0.3 is 0 Å². The highest BCUT2D eigenvalue weighted by molar-refractivity contribution is 5.98. The molecule has 0 radical (unpaired) electrons. The van der Waals surface area contributed by atoms with Crippen molar-refractivity contribution in [1.82, 2.24) is 9.97 Å². The van der Waals surface area contributed by atoms with E-state index in [1.54, 1.807) is 6.26 Å². The van der Waals surface area contributed by atoms with Crippen LogP contribution in [0.4, 0.5) is 5.82 Å². The Bertz CT molecular complexity index is 631. The lowest BCUT2D eigenvalue weighted by Crippen LogP contribution is -1.91. The summed E-state index contributed by atoms with van der Waals surface area (Å²) >= 11 is 0. The Morgan fingerprint density at radius 3 is 2.69 bits per heavy atom. The van der Waals surface area contributed by atoms with Crippen molar-refractivity contribution < 1.29 is 4.42 Å². The van der Waals surface area contributed by atoms with Gasteiger partial charge in [0.2, 0.25) is 5.71 Å². The maximum atomic E-state index is 5.83. The highest BCUT2D eigenvalue weighted by Crippen LogP contribution is 2.31. The number of hydrogen-bond acceptors (Lipinski definition) is 4. The van der Waals surface area contributed by atoms with E-state index < -0.39 is 0 Å². The van der Waals surface area contributed by atoms with Crippen molar-refractivity contribution >= 4 is 16.9 Å². The number of anilines is 1. The average molecular weight is 211 g/mol. The second-order valence-electron chi connectivity index (χ2n) is 3.45. The minimum atomic E-state index is 0.442. The third kappa shape index (κ3) is 1.24. The minimum Gasteiger partial charge on any atom is -0.445 e. The van der Waals surface area contributed by atoms with E-state index in [1.807, 2.05) is 30.3 Å². The van der Waals surface area contributed by atoms with Crippen LogP contribution in [-0.2, 0) is 0 Å². The normalized spacial score (nSPS) is 10.8. The summed E-state index contributed by atoms with van der Waals surface area (Å²) in [5, 5.41) is 0.772. The summed E-state index contributed by atoms with van der Waals surface area (Å²) in [6.07, 6.45) is 3.06. The van der Waals surface area contributed by atoms with E-state index in [1.165, 1.54) is 6.33 Å². The van der Waals surface area contributed by atoms with Crippen LogP contribution in [0.15, 0.2) is 47.3 Å². The van der Waals surface area contributed by atoms with Crippen LogP contribution < -0.4 is 5.73 Å². The molecule has 0 saturated carbocycles. The van der Waals surface area contributed by atoms with Gasteiger partial charge in [0.15, 0.2) is 0 Å². The second kappa shape index (κ2) is 3.34. The molecule has 4 heteroatoms. The first-order valence-corrected chi connectivity index (χ1v) is 4.89. The lowest BCUT2D eigenvalue weighted by atomic mass is 10.1. The molecule has 0 aliphatic rings. The van der Waals surface area contributed by atoms with Crippen LogP contribution in [-0.4, -0.2) is 9.97 Å². The first kappa shape index (κ1) is 8.91. The number of rotatable bonds is 1. The number of furan rings is 1. The molecule has 16 heavy (non-hydrogen) atoms. The maximum absolute atomic E-state index is 5.83. The van der Waals surface area contributed by atoms with Crippen molar-refractivity contribution in [2.24, 2.45) is 0 Å². The number of benzene rings is 1. The number of aromatic nitrogens is 2. The second-order valence-corrected chi connectivity index (χ2v) is 3.45. The molecular formula is C12H9N3O. The largest absolute Gasteiger partial charge is 0.445 e. The van der Waals surface area contributed by atoms with Crippen molar-refractivity contribution in [1.29, 1.82) is 0 Å². The van der Waals surface area contributed by atoms with Gasteiger partial charge in [-0.1, -0.05) is 30.3 Å². The highest BCUT2D eigenvalue weighted by Gasteiger charge is 2.11. The van der Waals surface area contributed by atoms with Crippen LogP contribution in [0.5, 0.6) is 0 Å². The highest BCUT2D eigenvalue weighted by atomic mass is 16.3. The molecule has 4 nitrogen and oxygen atoms in total. The summed E-state index contributed by atoms with van der Waals surface area (Å²) in [6.45, 7) is 0. The van der Waals surface area contributed by atoms with Gasteiger partial charge in [0.25, 0.3) is 0 Å². The van der Waals surface area contributed by atoms with Crippen LogP contribution in [0.2, 0.25) is 0 Å². The molecule has 0 unspecified atom stereocenters. The maximum Gasteiger partial charge on any atom is 0.231 e. The van der Waals surface area contributed by atoms with Crippen LogP contribution in [0.1, 0.15) is 0 Å². The quantitative estimate of drug-likeness (QED) is 0.671. The van der Waals surface area contributed by atoms with Gasteiger partial charge in [-0.2, -0.15) is 0 Å². The van der Waals surface area contributed by atoms with Gasteiger partial charge in [0, 0.05) is 5.56 Å². The Labute approximate surface area is 91.7 Å². The van der Waals surface area contributed by atoms with Crippen molar-refractivity contribution in [3.8, 4) is 11.1 Å². The zero-order chi connectivity index (χ0) is 11.0. The lowest BCUT2D eigenvalue weighted by molar-refractivity contribution is 0.603. The molecule has 1 aromatic carbocycles. The average Bonchev–Trinajstić information content (AvgIpc) is 2.75. The zero-order valence-electron chi connectivity index (χ0n) is 8.42. The molecule has 2 aromatic heterocycles. The Morgan fingerprint density at radius 1 is 1.06 bits per heavy atom. The molecule has 2 N–H and O–H groups in total. The molecule has 0 saturated heterocycles. The van der Waals surface area contributed by atoms with Gasteiger partial charge in [0.1, 0.15) is 18.4 Å². The Kier molecular flexibility index (Phi) is 1.86. The number of nitrogen functional groups attached to an aromatic ring is 1. The van der Waals surface area contributed by atoms with Crippen LogP contribution in [0.25, 0.3) is 22.2 Å². The summed E-state index contributed by atoms with van der Waals surface area (Å²) in [5.74, 6) is 0.442. The smallest absolute Gasteiger partial charge is 0.231 e. The summed E-state index contributed by atoms with van der Waals surface area (Å²) in [7, 11) is 0. The number of fused-ring (bicyclic) bond motifs is 1. The molecule has 0 bridgehead atoms. The van der Waals surface area contributed by atoms with E-state index in [4.69, 9.17) is 10.2 Å². The van der Waals surface area contributed by atoms with Crippen molar-refractivity contribution in [2.45, 2.75) is 0 Å². The van der Waals surface area contributed by atoms with Gasteiger partial charge in [-0.25, -0.2) is 9.97 Å². The molecule has 0 amide bonds. The van der Waals surface area contributed by atoms with Crippen LogP contribution >= 0.6 is 0 Å². The molecular weight excluding hydrogens is 202 g/mol. The SMILES string of the molecule is Nc1ncnc2occ(-c3ccccc3)c12. The predicted molar refractivity (Wildman–Crippen MR) is 61.7 cm³/mol. The molecule has 2 heterocycles. The fourth-order valence-electron chi connectivity index (χ4n) is 1.73. The standard InChI is InChI=1S/C12H9N3O/c13-11-10-9(8-4-2-1-3-5-8)6-16-12(10)15-7-14-11/h1-7H,(H2,13,14,15). The molecule has 78 valence electrons. The number of hydrogen-bond donors (Lipinski definition) is 1. The van der Waals surface area contributed by atoms with Crippen molar-refractivity contribution in [2.75, 3.05) is 5.73 Å². The fraction of sp³-hybridized carbons (Fsp3) is 0. The molecule has 0 aliphatic carbocycles. The fourth-order valence-corrected chi connectivity index (χ4v) is 1.73. The first-order valence-electron chi connectivity index (χ1n) is 4.89. The first-order chi connectivity index (χ1) is 7.86. The van der Waals surface area contributed by atoms with Crippen molar-refractivity contribution in [3.05, 3.63) is 42.9 Å². The Hall–Kier alpha value is -2.36. The Morgan fingerprint density at radius 2 is 1.88 bits per heavy atom. The number of nitrogens with two attached hydrogens (primary N) is 1. The third-order valence-corrected chi connectivity index (χ3v) is 2.48. The summed E-state index contributed by atoms with van der Waals surface area (Å²) < 4.78 is 5.35. The van der Waals surface area contributed by atoms with Gasteiger partial charge < -0.3 is 10.2 Å². The van der Waals surface area contributed by atoms with E-state index in [2.05, 4.69) is 9.97 Å². The Balaban J connectivity index is 2.33. The monoisotopic (exact) mass is 211 g/mol. The van der Waals surface area contributed by atoms with E-state index in [9.17, 15) is 0 Å². The summed E-state index contributed by atoms with van der Waals surface area (Å²) in [4.78, 5) is 8.00. The summed E-state index contributed by atoms with van der Waals surface area (Å²) in [6, 6.07) is 9.89. The number of nitrogens with zero attached hydrogens (tertiary/aromatic N) is 2. The molecule has 3 aromatic rings. The predicted octanol–water partition coefficient (Wildman–Crippen LogP) is 2.47. The van der Waals surface area contributed by atoms with E-state index in [-0.39, 0.29) is 0 Å². The molecule has 0 atom stereocenters. The minimum absolute atomic E-state index is 0.442. The van der Waals surface area contributed by atoms with E-state index >= 15 is 0 Å². The summed E-state index contributed by atoms with van der Waals surface area (Å²) in [5.41, 5.74) is 8.32. The molecule has 3 rings (SSSR count). The third-order valence-electron chi connectivity index (χ3n) is 2.48. The van der Waals surface area contributed by atoms with E-state index in [0.717, 1.165) is 16.5 Å². The molecule has 0 fully saturated rings. The van der Waals surface area contributed by atoms with Crippen LogP contribution in [0.3, 0.4) is 0 Å². The van der Waals surface area contributed by atoms with Gasteiger partial charge in [-0.05, 0) is 5.56 Å². The van der Waals surface area contributed by atoms with Gasteiger partial charge in [-0.3, -0.25) is 0 Å². The molecule has 0 aliphatic heterocycles. The van der Waals surface area contributed by atoms with Gasteiger partial charge in [-0.15, -0.1) is 0 Å². The topological polar surface area (TPSA) is 64.9 Å². The zero-order valence-corrected chi connectivity index (χ0v) is 8.42. The van der Waals surface area contributed by atoms with E-state index in [0.29, 0.717) is 11.5 Å².